The normalized spacial score (nSPS) is 14.2. The first-order valence-corrected chi connectivity index (χ1v) is 21.7. The van der Waals surface area contributed by atoms with Gasteiger partial charge in [0.2, 0.25) is 0 Å². The maximum Gasteiger partial charge on any atom is 0.472 e. The summed E-state index contributed by atoms with van der Waals surface area (Å²) in [7, 11) is -4.61. The second kappa shape index (κ2) is 36.1. The van der Waals surface area contributed by atoms with Crippen LogP contribution < -0.4 is 5.73 Å². The molecule has 50 heavy (non-hydrogen) atoms. The summed E-state index contributed by atoms with van der Waals surface area (Å²) in [6.07, 6.45) is 35.4. The molecule has 0 aromatic rings. The van der Waals surface area contributed by atoms with E-state index in [0.717, 1.165) is 51.4 Å². The van der Waals surface area contributed by atoms with Crippen LogP contribution in [0.5, 0.6) is 0 Å². The SMILES string of the molecule is CCCCCCC/C=C\CCCCCCCC(=O)OC(COCCCCCCCCCCCCCCCC)COP(=O)(O)OCC(N)C(=O)O. The van der Waals surface area contributed by atoms with Crippen LogP contribution in [0.4, 0.5) is 0 Å². The van der Waals surface area contributed by atoms with E-state index in [1.165, 1.54) is 109 Å². The van der Waals surface area contributed by atoms with Crippen molar-refractivity contribution in [3.63, 3.8) is 0 Å². The standard InChI is InChI=1S/C39H76NO9P/c1-3-5-7-9-11-13-15-17-19-21-23-25-27-29-31-38(41)49-36(34-47-50(44,45)48-35-37(40)39(42)43)33-46-32-30-28-26-24-22-20-18-16-14-12-10-8-6-4-2/h15,17,36-37H,3-14,16,18-35,40H2,1-2H3,(H,42,43)(H,44,45)/b17-15-. The number of carboxylic acids is 1. The molecular formula is C39H76NO9P. The second-order valence-corrected chi connectivity index (χ2v) is 15.2. The molecule has 0 saturated carbocycles. The third-order valence-corrected chi connectivity index (χ3v) is 9.75. The molecule has 0 radical (unpaired) electrons. The minimum absolute atomic E-state index is 0.0189. The fourth-order valence-electron chi connectivity index (χ4n) is 5.60. The monoisotopic (exact) mass is 734 g/mol. The Labute approximate surface area is 305 Å². The summed E-state index contributed by atoms with van der Waals surface area (Å²) in [6, 6.07) is -1.47. The molecule has 3 atom stereocenters. The zero-order valence-electron chi connectivity index (χ0n) is 32.0. The van der Waals surface area contributed by atoms with Crippen LogP contribution in [-0.4, -0.2) is 60.5 Å². The van der Waals surface area contributed by atoms with Crippen LogP contribution in [0.3, 0.4) is 0 Å². The van der Waals surface area contributed by atoms with Crippen molar-refractivity contribution in [3.8, 4) is 0 Å². The largest absolute Gasteiger partial charge is 0.480 e. The van der Waals surface area contributed by atoms with E-state index in [0.29, 0.717) is 13.0 Å². The molecule has 296 valence electrons. The van der Waals surface area contributed by atoms with E-state index >= 15 is 0 Å². The van der Waals surface area contributed by atoms with Crippen molar-refractivity contribution >= 4 is 19.8 Å². The predicted molar refractivity (Wildman–Crippen MR) is 203 cm³/mol. The van der Waals surface area contributed by atoms with Crippen LogP contribution in [-0.2, 0) is 32.7 Å². The lowest BCUT2D eigenvalue weighted by atomic mass is 10.0. The third kappa shape index (κ3) is 35.1. The number of esters is 1. The predicted octanol–water partition coefficient (Wildman–Crippen LogP) is 10.6. The summed E-state index contributed by atoms with van der Waals surface area (Å²) < 4.78 is 33.3. The van der Waals surface area contributed by atoms with E-state index in [1.807, 2.05) is 0 Å². The zero-order valence-corrected chi connectivity index (χ0v) is 32.9. The van der Waals surface area contributed by atoms with Gasteiger partial charge in [-0.3, -0.25) is 18.6 Å². The van der Waals surface area contributed by atoms with Gasteiger partial charge in [0.15, 0.2) is 0 Å². The number of hydrogen-bond acceptors (Lipinski definition) is 8. The molecule has 0 heterocycles. The highest BCUT2D eigenvalue weighted by atomic mass is 31.2. The van der Waals surface area contributed by atoms with Crippen LogP contribution in [0.25, 0.3) is 0 Å². The van der Waals surface area contributed by atoms with Crippen molar-refractivity contribution in [2.45, 2.75) is 199 Å². The minimum Gasteiger partial charge on any atom is -0.480 e. The summed E-state index contributed by atoms with van der Waals surface area (Å²) in [5.74, 6) is -1.78. The maximum atomic E-state index is 12.6. The van der Waals surface area contributed by atoms with Gasteiger partial charge in [-0.2, -0.15) is 0 Å². The molecule has 3 unspecified atom stereocenters. The average Bonchev–Trinajstić information content (AvgIpc) is 3.09. The summed E-state index contributed by atoms with van der Waals surface area (Å²) in [4.78, 5) is 33.4. The van der Waals surface area contributed by atoms with Crippen LogP contribution in [0.15, 0.2) is 12.2 Å². The first kappa shape index (κ1) is 48.7. The first-order valence-electron chi connectivity index (χ1n) is 20.2. The van der Waals surface area contributed by atoms with Crippen LogP contribution in [0, 0.1) is 0 Å². The Kier molecular flexibility index (Phi) is 35.2. The maximum absolute atomic E-state index is 12.6. The van der Waals surface area contributed by atoms with E-state index in [-0.39, 0.29) is 13.0 Å². The Morgan fingerprint density at radius 1 is 0.620 bits per heavy atom. The molecule has 0 aromatic heterocycles. The Morgan fingerprint density at radius 3 is 1.52 bits per heavy atom. The molecule has 0 amide bonds. The molecule has 10 nitrogen and oxygen atoms in total. The van der Waals surface area contributed by atoms with Crippen LogP contribution in [0.1, 0.15) is 187 Å². The highest BCUT2D eigenvalue weighted by Gasteiger charge is 2.27. The Hall–Kier alpha value is -1.29. The highest BCUT2D eigenvalue weighted by molar-refractivity contribution is 7.47. The van der Waals surface area contributed by atoms with E-state index < -0.39 is 45.1 Å². The summed E-state index contributed by atoms with van der Waals surface area (Å²) in [5, 5.41) is 8.87. The van der Waals surface area contributed by atoms with Gasteiger partial charge in [0.1, 0.15) is 12.1 Å². The first-order chi connectivity index (χ1) is 24.2. The summed E-state index contributed by atoms with van der Waals surface area (Å²) in [5.41, 5.74) is 5.34. The zero-order chi connectivity index (χ0) is 37.0. The van der Waals surface area contributed by atoms with E-state index in [2.05, 4.69) is 26.0 Å². The quantitative estimate of drug-likeness (QED) is 0.0240. The number of aliphatic carboxylic acids is 1. The lowest BCUT2D eigenvalue weighted by Gasteiger charge is -2.20. The molecule has 0 aliphatic heterocycles. The van der Waals surface area contributed by atoms with Crippen molar-refractivity contribution in [2.24, 2.45) is 5.73 Å². The molecule has 0 fully saturated rings. The lowest BCUT2D eigenvalue weighted by molar-refractivity contribution is -0.154. The topological polar surface area (TPSA) is 155 Å². The number of ether oxygens (including phenoxy) is 2. The van der Waals surface area contributed by atoms with Crippen molar-refractivity contribution in [3.05, 3.63) is 12.2 Å². The second-order valence-electron chi connectivity index (χ2n) is 13.8. The van der Waals surface area contributed by atoms with Gasteiger partial charge in [-0.25, -0.2) is 4.57 Å². The van der Waals surface area contributed by atoms with Crippen molar-refractivity contribution < 1.29 is 42.7 Å². The molecule has 0 spiro atoms. The molecule has 0 rings (SSSR count). The van der Waals surface area contributed by atoms with Crippen LogP contribution in [0.2, 0.25) is 0 Å². The average molecular weight is 734 g/mol. The number of carbonyl (C=O) groups excluding carboxylic acids is 1. The number of nitrogens with two attached hydrogens (primary N) is 1. The molecule has 0 aromatic carbocycles. The Balaban J connectivity index is 4.27. The molecule has 0 aliphatic carbocycles. The fraction of sp³-hybridized carbons (Fsp3) is 0.897. The van der Waals surface area contributed by atoms with Gasteiger partial charge >= 0.3 is 19.8 Å². The van der Waals surface area contributed by atoms with Crippen molar-refractivity contribution in [1.29, 1.82) is 0 Å². The number of carbonyl (C=O) groups is 2. The van der Waals surface area contributed by atoms with E-state index in [1.54, 1.807) is 0 Å². The summed E-state index contributed by atoms with van der Waals surface area (Å²) in [6.45, 7) is 3.88. The number of carboxylic acid groups (broad SMARTS) is 1. The molecule has 4 N–H and O–H groups in total. The lowest BCUT2D eigenvalue weighted by Crippen LogP contribution is -2.34. The van der Waals surface area contributed by atoms with Gasteiger partial charge in [0, 0.05) is 13.0 Å². The molecular weight excluding hydrogens is 657 g/mol. The number of hydrogen-bond donors (Lipinski definition) is 3. The van der Waals surface area contributed by atoms with E-state index in [9.17, 15) is 19.0 Å². The molecule has 0 saturated heterocycles. The summed E-state index contributed by atoms with van der Waals surface area (Å²) >= 11 is 0. The van der Waals surface area contributed by atoms with Gasteiger partial charge in [0.05, 0.1) is 19.8 Å². The van der Waals surface area contributed by atoms with Gasteiger partial charge in [-0.15, -0.1) is 0 Å². The Bertz CT molecular complexity index is 857. The van der Waals surface area contributed by atoms with Gasteiger partial charge in [-0.05, 0) is 38.5 Å². The van der Waals surface area contributed by atoms with Gasteiger partial charge < -0.3 is 25.2 Å². The van der Waals surface area contributed by atoms with E-state index in [4.69, 9.17) is 29.4 Å². The van der Waals surface area contributed by atoms with Crippen molar-refractivity contribution in [2.75, 3.05) is 26.4 Å². The minimum atomic E-state index is -4.61. The molecule has 0 bridgehead atoms. The van der Waals surface area contributed by atoms with Crippen LogP contribution >= 0.6 is 7.82 Å². The van der Waals surface area contributed by atoms with Gasteiger partial charge in [0.25, 0.3) is 0 Å². The molecule has 0 aliphatic rings. The smallest absolute Gasteiger partial charge is 0.472 e. The third-order valence-electron chi connectivity index (χ3n) is 8.79. The number of phosphoric acid groups is 1. The van der Waals surface area contributed by atoms with Crippen molar-refractivity contribution in [1.82, 2.24) is 0 Å². The van der Waals surface area contributed by atoms with Gasteiger partial charge in [-0.1, -0.05) is 154 Å². The number of rotatable bonds is 39. The number of allylic oxidation sites excluding steroid dienone is 2. The molecule has 11 heteroatoms. The Morgan fingerprint density at radius 2 is 1.04 bits per heavy atom. The number of phosphoric ester groups is 1. The fourth-order valence-corrected chi connectivity index (χ4v) is 6.38. The number of unbranched alkanes of at least 4 members (excludes halogenated alkanes) is 23. The highest BCUT2D eigenvalue weighted by Crippen LogP contribution is 2.43.